The Morgan fingerprint density at radius 2 is 1.81 bits per heavy atom. The molecule has 2 atom stereocenters. The minimum Gasteiger partial charge on any atom is -0.444 e. The van der Waals surface area contributed by atoms with Crippen molar-refractivity contribution < 1.29 is 14.3 Å². The molecule has 2 heterocycles. The minimum absolute atomic E-state index is 0.00929. The highest BCUT2D eigenvalue weighted by Gasteiger charge is 2.43. The molecule has 0 N–H and O–H groups in total. The van der Waals surface area contributed by atoms with Crippen molar-refractivity contribution in [2.45, 2.75) is 77.0 Å². The maximum Gasteiger partial charge on any atom is 0.410 e. The van der Waals surface area contributed by atoms with Gasteiger partial charge in [-0.05, 0) is 52.9 Å². The van der Waals surface area contributed by atoms with Gasteiger partial charge in [-0.3, -0.25) is 4.79 Å². The third-order valence-electron chi connectivity index (χ3n) is 4.31. The molecule has 2 saturated heterocycles. The van der Waals surface area contributed by atoms with Crippen LogP contribution in [0.4, 0.5) is 4.79 Å². The highest BCUT2D eigenvalue weighted by molar-refractivity contribution is 5.83. The van der Waals surface area contributed by atoms with Gasteiger partial charge in [-0.25, -0.2) is 4.79 Å². The molecule has 0 saturated carbocycles. The van der Waals surface area contributed by atoms with Crippen LogP contribution in [-0.2, 0) is 9.53 Å². The Kier molecular flexibility index (Phi) is 4.61. The second-order valence-electron chi connectivity index (χ2n) is 7.14. The molecule has 0 spiro atoms. The number of ether oxygens (including phenoxy) is 1. The van der Waals surface area contributed by atoms with Crippen molar-refractivity contribution in [1.82, 2.24) is 4.90 Å². The maximum absolute atomic E-state index is 12.4. The predicted octanol–water partition coefficient (Wildman–Crippen LogP) is 3.15. The lowest BCUT2D eigenvalue weighted by Crippen LogP contribution is -2.56. The van der Waals surface area contributed by atoms with Gasteiger partial charge >= 0.3 is 6.09 Å². The number of fused-ring (bicyclic) bond motifs is 2. The maximum atomic E-state index is 12.4. The van der Waals surface area contributed by atoms with Crippen LogP contribution in [0.2, 0.25) is 0 Å². The molecule has 21 heavy (non-hydrogen) atoms. The van der Waals surface area contributed by atoms with Crippen LogP contribution in [-0.4, -0.2) is 34.5 Å². The fourth-order valence-electron chi connectivity index (χ4n) is 3.50. The van der Waals surface area contributed by atoms with Crippen LogP contribution in [0.3, 0.4) is 0 Å². The van der Waals surface area contributed by atoms with Crippen molar-refractivity contribution in [1.29, 1.82) is 0 Å². The number of piperidine rings is 2. The van der Waals surface area contributed by atoms with Gasteiger partial charge in [0, 0.05) is 18.0 Å². The molecule has 2 unspecified atom stereocenters. The molecule has 0 aliphatic carbocycles. The van der Waals surface area contributed by atoms with Gasteiger partial charge < -0.3 is 9.64 Å². The number of rotatable bonds is 2. The number of ketones is 1. The number of carbonyl (C=O) groups excluding carboxylic acids is 2. The first kappa shape index (κ1) is 15.9. The van der Waals surface area contributed by atoms with Gasteiger partial charge in [-0.1, -0.05) is 5.92 Å². The number of hydrogen-bond donors (Lipinski definition) is 0. The zero-order chi connectivity index (χ0) is 15.6. The van der Waals surface area contributed by atoms with Crippen LogP contribution in [0.1, 0.15) is 59.3 Å². The number of amides is 1. The van der Waals surface area contributed by atoms with E-state index in [4.69, 9.17) is 11.2 Å². The van der Waals surface area contributed by atoms with Gasteiger partial charge in [0.25, 0.3) is 0 Å². The molecule has 0 aromatic rings. The largest absolute Gasteiger partial charge is 0.444 e. The van der Waals surface area contributed by atoms with Gasteiger partial charge in [0.05, 0.1) is 6.42 Å². The molecule has 0 aromatic carbocycles. The zero-order valence-corrected chi connectivity index (χ0v) is 13.2. The lowest BCUT2D eigenvalue weighted by Gasteiger charge is -2.48. The molecule has 4 nitrogen and oxygen atoms in total. The van der Waals surface area contributed by atoms with E-state index < -0.39 is 5.60 Å². The van der Waals surface area contributed by atoms with E-state index in [2.05, 4.69) is 5.92 Å². The van der Waals surface area contributed by atoms with E-state index in [1.807, 2.05) is 25.7 Å². The molecular formula is C17H25NO3. The van der Waals surface area contributed by atoms with Gasteiger partial charge in [0.2, 0.25) is 0 Å². The first-order chi connectivity index (χ1) is 9.81. The summed E-state index contributed by atoms with van der Waals surface area (Å²) in [5, 5.41) is 0. The molecule has 2 aliphatic heterocycles. The van der Waals surface area contributed by atoms with E-state index in [0.717, 1.165) is 32.1 Å². The Labute approximate surface area is 127 Å². The molecule has 2 bridgehead atoms. The first-order valence-corrected chi connectivity index (χ1v) is 7.79. The molecule has 0 aromatic heterocycles. The van der Waals surface area contributed by atoms with E-state index in [0.29, 0.717) is 0 Å². The Morgan fingerprint density at radius 3 is 2.29 bits per heavy atom. The smallest absolute Gasteiger partial charge is 0.410 e. The summed E-state index contributed by atoms with van der Waals surface area (Å²) < 4.78 is 5.53. The summed E-state index contributed by atoms with van der Waals surface area (Å²) in [6, 6.07) is 0.248. The normalized spacial score (nSPS) is 28.7. The standard InChI is InChI=1S/C17H25NO3/c1-5-7-15(19)12-10-13-8-6-9-14(11-12)18(13)16(20)21-17(2,3)4/h1,12-14H,6-11H2,2-4H3. The molecule has 4 heteroatoms. The van der Waals surface area contributed by atoms with Crippen molar-refractivity contribution >= 4 is 11.9 Å². The summed E-state index contributed by atoms with van der Waals surface area (Å²) in [4.78, 5) is 26.4. The number of nitrogens with zero attached hydrogens (tertiary/aromatic N) is 1. The van der Waals surface area contributed by atoms with Crippen LogP contribution in [0, 0.1) is 18.3 Å². The number of hydrogen-bond acceptors (Lipinski definition) is 3. The molecule has 1 amide bonds. The summed E-state index contributed by atoms with van der Waals surface area (Å²) >= 11 is 0. The molecule has 2 rings (SSSR count). The Bertz CT molecular complexity index is 444. The van der Waals surface area contributed by atoms with Crippen LogP contribution in [0.5, 0.6) is 0 Å². The fourth-order valence-corrected chi connectivity index (χ4v) is 3.50. The average Bonchev–Trinajstić information content (AvgIpc) is 2.35. The quantitative estimate of drug-likeness (QED) is 0.734. The topological polar surface area (TPSA) is 46.6 Å². The Hall–Kier alpha value is -1.50. The van der Waals surface area contributed by atoms with E-state index in [-0.39, 0.29) is 36.3 Å². The van der Waals surface area contributed by atoms with Crippen molar-refractivity contribution in [3.8, 4) is 12.3 Å². The lowest BCUT2D eigenvalue weighted by molar-refractivity contribution is -0.126. The zero-order valence-electron chi connectivity index (χ0n) is 13.2. The van der Waals surface area contributed by atoms with Crippen LogP contribution in [0.15, 0.2) is 0 Å². The average molecular weight is 291 g/mol. The summed E-state index contributed by atoms with van der Waals surface area (Å²) in [5.41, 5.74) is -0.485. The Morgan fingerprint density at radius 1 is 1.24 bits per heavy atom. The highest BCUT2D eigenvalue weighted by Crippen LogP contribution is 2.38. The number of terminal acetylenes is 1. The van der Waals surface area contributed by atoms with Gasteiger partial charge in [0.1, 0.15) is 11.4 Å². The van der Waals surface area contributed by atoms with Crippen molar-refractivity contribution in [3.63, 3.8) is 0 Å². The summed E-state index contributed by atoms with van der Waals surface area (Å²) in [6.07, 6.45) is 9.70. The fraction of sp³-hybridized carbons (Fsp3) is 0.765. The molecular weight excluding hydrogens is 266 g/mol. The van der Waals surface area contributed by atoms with E-state index in [1.54, 1.807) is 0 Å². The SMILES string of the molecule is C#CCC(=O)C1CC2CCCC(C1)N2C(=O)OC(C)(C)C. The molecule has 116 valence electrons. The number of carbonyl (C=O) groups is 2. The van der Waals surface area contributed by atoms with Crippen molar-refractivity contribution in [3.05, 3.63) is 0 Å². The van der Waals surface area contributed by atoms with Crippen LogP contribution < -0.4 is 0 Å². The second kappa shape index (κ2) is 6.09. The van der Waals surface area contributed by atoms with Crippen LogP contribution >= 0.6 is 0 Å². The summed E-state index contributed by atoms with van der Waals surface area (Å²) in [7, 11) is 0. The van der Waals surface area contributed by atoms with Gasteiger partial charge in [-0.15, -0.1) is 6.42 Å². The van der Waals surface area contributed by atoms with E-state index >= 15 is 0 Å². The molecule has 0 radical (unpaired) electrons. The summed E-state index contributed by atoms with van der Waals surface area (Å²) in [5.74, 6) is 2.60. The van der Waals surface area contributed by atoms with E-state index in [9.17, 15) is 9.59 Å². The van der Waals surface area contributed by atoms with Gasteiger partial charge in [0.15, 0.2) is 0 Å². The second-order valence-corrected chi connectivity index (χ2v) is 7.14. The third kappa shape index (κ3) is 3.78. The van der Waals surface area contributed by atoms with Gasteiger partial charge in [-0.2, -0.15) is 0 Å². The summed E-state index contributed by atoms with van der Waals surface area (Å²) in [6.45, 7) is 5.64. The first-order valence-electron chi connectivity index (χ1n) is 7.79. The van der Waals surface area contributed by atoms with Crippen molar-refractivity contribution in [2.24, 2.45) is 5.92 Å². The lowest BCUT2D eigenvalue weighted by atomic mass is 9.76. The minimum atomic E-state index is -0.485. The van der Waals surface area contributed by atoms with E-state index in [1.165, 1.54) is 0 Å². The number of Topliss-reactive ketones (excluding diaryl/α,β-unsaturated/α-hetero) is 1. The Balaban J connectivity index is 2.08. The molecule has 2 aliphatic rings. The monoisotopic (exact) mass is 291 g/mol. The van der Waals surface area contributed by atoms with Crippen LogP contribution in [0.25, 0.3) is 0 Å². The predicted molar refractivity (Wildman–Crippen MR) is 80.7 cm³/mol. The third-order valence-corrected chi connectivity index (χ3v) is 4.31. The van der Waals surface area contributed by atoms with Crippen molar-refractivity contribution in [2.75, 3.05) is 0 Å². The highest BCUT2D eigenvalue weighted by atomic mass is 16.6. The molecule has 2 fully saturated rings.